The van der Waals surface area contributed by atoms with Crippen molar-refractivity contribution in [2.75, 3.05) is 46.5 Å². The van der Waals surface area contributed by atoms with Crippen molar-refractivity contribution in [1.82, 2.24) is 25.1 Å². The van der Waals surface area contributed by atoms with Crippen LogP contribution in [0.1, 0.15) is 71.2 Å². The maximum absolute atomic E-state index is 13.6. The standard InChI is InChI=1S/C34H51N5O7/c1-6-29-35-15-19-38(29)18-13-32(42)39-17-8-9-30(40)37-24-34(14-12-25(3)4,33(43)45-7-2)22-26-10-11-27(28(21-26)44-5)46-23-31(41)36-16-20-39/h10-11,15,19,21,25H,6-9,12-14,16-18,20,22-24H2,1-5H3,(H,36,41)(H,37,40). The molecule has 0 fully saturated rings. The van der Waals surface area contributed by atoms with E-state index < -0.39 is 5.41 Å². The normalized spacial score (nSPS) is 18.5. The highest BCUT2D eigenvalue weighted by molar-refractivity contribution is 5.81. The Bertz CT molecular complexity index is 1310. The smallest absolute Gasteiger partial charge is 0.314 e. The molecule has 1 atom stereocenters. The summed E-state index contributed by atoms with van der Waals surface area (Å²) in [4.78, 5) is 58.7. The molecular weight excluding hydrogens is 590 g/mol. The maximum atomic E-state index is 13.6. The molecule has 4 rings (SSSR count). The van der Waals surface area contributed by atoms with Gasteiger partial charge >= 0.3 is 5.97 Å². The summed E-state index contributed by atoms with van der Waals surface area (Å²) in [6, 6.07) is 5.35. The highest BCUT2D eigenvalue weighted by Crippen LogP contribution is 2.35. The molecule has 2 aliphatic rings. The van der Waals surface area contributed by atoms with Gasteiger partial charge in [0.05, 0.1) is 19.1 Å². The number of esters is 1. The molecular formula is C34H51N5O7. The number of aryl methyl sites for hydroxylation is 2. The Morgan fingerprint density at radius 1 is 1.13 bits per heavy atom. The molecule has 1 unspecified atom stereocenters. The van der Waals surface area contributed by atoms with E-state index in [9.17, 15) is 19.2 Å². The average molecular weight is 642 g/mol. The SMILES string of the molecule is CCOC(=O)C1(CCC(C)C)CNC(=O)CCCN(C(=O)CCn2ccnc2CC)CCNC(=O)COc2ccc(cc2OC)C1. The van der Waals surface area contributed by atoms with Crippen molar-refractivity contribution in [1.29, 1.82) is 0 Å². The summed E-state index contributed by atoms with van der Waals surface area (Å²) in [7, 11) is 1.51. The lowest BCUT2D eigenvalue weighted by Gasteiger charge is -2.33. The number of nitrogens with one attached hydrogen (secondary N) is 2. The molecule has 0 aliphatic carbocycles. The van der Waals surface area contributed by atoms with E-state index in [4.69, 9.17) is 14.2 Å². The molecule has 2 aromatic rings. The number of hydrogen-bond donors (Lipinski definition) is 2. The minimum absolute atomic E-state index is 0.0767. The maximum Gasteiger partial charge on any atom is 0.314 e. The fourth-order valence-electron chi connectivity index (χ4n) is 5.57. The second-order valence-electron chi connectivity index (χ2n) is 12.1. The molecule has 3 amide bonds. The predicted molar refractivity (Wildman–Crippen MR) is 173 cm³/mol. The first kappa shape index (κ1) is 36.4. The summed E-state index contributed by atoms with van der Waals surface area (Å²) in [5, 5.41) is 5.83. The first-order chi connectivity index (χ1) is 22.1. The zero-order valence-corrected chi connectivity index (χ0v) is 28.1. The Kier molecular flexibility index (Phi) is 14.4. The molecule has 0 saturated carbocycles. The Labute approximate surface area is 272 Å². The Morgan fingerprint density at radius 3 is 2.65 bits per heavy atom. The van der Waals surface area contributed by atoms with E-state index in [0.717, 1.165) is 24.2 Å². The van der Waals surface area contributed by atoms with E-state index in [1.807, 2.05) is 23.8 Å². The van der Waals surface area contributed by atoms with Gasteiger partial charge in [-0.2, -0.15) is 0 Å². The van der Waals surface area contributed by atoms with Gasteiger partial charge in [0, 0.05) is 64.4 Å². The predicted octanol–water partition coefficient (Wildman–Crippen LogP) is 3.31. The van der Waals surface area contributed by atoms with Crippen LogP contribution in [-0.4, -0.2) is 84.6 Å². The number of methoxy groups -OCH3 is 1. The summed E-state index contributed by atoms with van der Waals surface area (Å²) in [6.07, 6.45) is 6.81. The van der Waals surface area contributed by atoms with Crippen molar-refractivity contribution in [3.05, 3.63) is 42.0 Å². The zero-order chi connectivity index (χ0) is 33.5. The molecule has 0 saturated heterocycles. The Hall–Kier alpha value is -4.09. The summed E-state index contributed by atoms with van der Waals surface area (Å²) in [5.74, 6) is 1.08. The topological polar surface area (TPSA) is 141 Å². The van der Waals surface area contributed by atoms with Gasteiger partial charge in [-0.3, -0.25) is 19.2 Å². The second kappa shape index (κ2) is 18.2. The van der Waals surface area contributed by atoms with Crippen LogP contribution in [-0.2, 0) is 43.3 Å². The number of imidazole rings is 1. The van der Waals surface area contributed by atoms with Gasteiger partial charge in [-0.15, -0.1) is 0 Å². The third kappa shape index (κ3) is 10.8. The third-order valence-electron chi connectivity index (χ3n) is 8.23. The van der Waals surface area contributed by atoms with Crippen LogP contribution in [0, 0.1) is 11.3 Å². The summed E-state index contributed by atoms with van der Waals surface area (Å²) in [6.45, 7) is 9.44. The fourth-order valence-corrected chi connectivity index (χ4v) is 5.57. The van der Waals surface area contributed by atoms with Crippen LogP contribution >= 0.6 is 0 Å². The molecule has 1 aromatic carbocycles. The summed E-state index contributed by atoms with van der Waals surface area (Å²) in [5.41, 5.74) is -0.188. The lowest BCUT2D eigenvalue weighted by atomic mass is 9.76. The van der Waals surface area contributed by atoms with Crippen LogP contribution in [0.2, 0.25) is 0 Å². The molecule has 1 aromatic heterocycles. The van der Waals surface area contributed by atoms with Gasteiger partial charge in [0.25, 0.3) is 5.91 Å². The van der Waals surface area contributed by atoms with Crippen molar-refractivity contribution in [3.8, 4) is 11.5 Å². The first-order valence-corrected chi connectivity index (χ1v) is 16.4. The van der Waals surface area contributed by atoms with E-state index in [-0.39, 0.29) is 69.4 Å². The van der Waals surface area contributed by atoms with Crippen molar-refractivity contribution >= 4 is 23.7 Å². The second-order valence-corrected chi connectivity index (χ2v) is 12.1. The largest absolute Gasteiger partial charge is 0.493 e. The Balaban J connectivity index is 1.84. The number of hydrogen-bond acceptors (Lipinski definition) is 8. The molecule has 2 N–H and O–H groups in total. The minimum atomic E-state index is -1.00. The number of ether oxygens (including phenoxy) is 3. The number of amides is 3. The number of nitrogens with zero attached hydrogens (tertiary/aromatic N) is 3. The third-order valence-corrected chi connectivity index (χ3v) is 8.23. The summed E-state index contributed by atoms with van der Waals surface area (Å²) < 4.78 is 18.9. The molecule has 3 heterocycles. The minimum Gasteiger partial charge on any atom is -0.493 e. The van der Waals surface area contributed by atoms with Crippen LogP contribution in [0.25, 0.3) is 0 Å². The van der Waals surface area contributed by atoms with Gasteiger partial charge in [-0.05, 0) is 56.2 Å². The number of fused-ring (bicyclic) bond motifs is 16. The van der Waals surface area contributed by atoms with E-state index >= 15 is 0 Å². The molecule has 12 heteroatoms. The van der Waals surface area contributed by atoms with E-state index in [1.165, 1.54) is 7.11 Å². The van der Waals surface area contributed by atoms with Gasteiger partial charge in [-0.1, -0.05) is 26.8 Å². The van der Waals surface area contributed by atoms with E-state index in [1.54, 1.807) is 30.2 Å². The van der Waals surface area contributed by atoms with Crippen LogP contribution in [0.5, 0.6) is 11.5 Å². The number of aromatic nitrogens is 2. The highest BCUT2D eigenvalue weighted by Gasteiger charge is 2.40. The van der Waals surface area contributed by atoms with Crippen molar-refractivity contribution in [2.24, 2.45) is 11.3 Å². The van der Waals surface area contributed by atoms with Crippen LogP contribution in [0.4, 0.5) is 0 Å². The fraction of sp³-hybridized carbons (Fsp3) is 0.618. The van der Waals surface area contributed by atoms with Gasteiger partial charge < -0.3 is 34.3 Å². The van der Waals surface area contributed by atoms with Gasteiger partial charge in [0.15, 0.2) is 18.1 Å². The lowest BCUT2D eigenvalue weighted by Crippen LogP contribution is -2.46. The van der Waals surface area contributed by atoms with Crippen molar-refractivity contribution in [3.63, 3.8) is 0 Å². The van der Waals surface area contributed by atoms with Crippen molar-refractivity contribution < 1.29 is 33.4 Å². The molecule has 254 valence electrons. The average Bonchev–Trinajstić information content (AvgIpc) is 3.50. The molecule has 2 aliphatic heterocycles. The number of benzene rings is 1. The van der Waals surface area contributed by atoms with E-state index in [0.29, 0.717) is 49.8 Å². The molecule has 12 nitrogen and oxygen atoms in total. The van der Waals surface area contributed by atoms with Crippen LogP contribution in [0.15, 0.2) is 30.6 Å². The molecule has 0 radical (unpaired) electrons. The molecule has 2 bridgehead atoms. The molecule has 46 heavy (non-hydrogen) atoms. The van der Waals surface area contributed by atoms with Gasteiger partial charge in [0.2, 0.25) is 11.8 Å². The van der Waals surface area contributed by atoms with Gasteiger partial charge in [0.1, 0.15) is 5.82 Å². The zero-order valence-electron chi connectivity index (χ0n) is 28.1. The monoisotopic (exact) mass is 641 g/mol. The number of carbonyl (C=O) groups is 4. The number of carbonyl (C=O) groups excluding carboxylic acids is 4. The van der Waals surface area contributed by atoms with Crippen LogP contribution < -0.4 is 20.1 Å². The first-order valence-electron chi connectivity index (χ1n) is 16.4. The lowest BCUT2D eigenvalue weighted by molar-refractivity contribution is -0.156. The van der Waals surface area contributed by atoms with Crippen molar-refractivity contribution in [2.45, 2.75) is 79.2 Å². The Morgan fingerprint density at radius 2 is 1.93 bits per heavy atom. The number of rotatable bonds is 10. The van der Waals surface area contributed by atoms with E-state index in [2.05, 4.69) is 29.5 Å². The summed E-state index contributed by atoms with van der Waals surface area (Å²) >= 11 is 0. The van der Waals surface area contributed by atoms with Crippen LogP contribution in [0.3, 0.4) is 0 Å². The molecule has 0 spiro atoms. The highest BCUT2D eigenvalue weighted by atomic mass is 16.5. The van der Waals surface area contributed by atoms with Gasteiger partial charge in [-0.25, -0.2) is 4.98 Å². The quantitative estimate of drug-likeness (QED) is 0.298.